The highest BCUT2D eigenvalue weighted by molar-refractivity contribution is 5.87. The van der Waals surface area contributed by atoms with E-state index < -0.39 is 12.1 Å². The molecular weight excluding hydrogens is 184 g/mol. The zero-order chi connectivity index (χ0) is 10.6. The van der Waals surface area contributed by atoms with E-state index in [4.69, 9.17) is 9.84 Å². The van der Waals surface area contributed by atoms with Crippen molar-refractivity contribution in [2.75, 3.05) is 13.7 Å². The minimum absolute atomic E-state index is 0.201. The number of aliphatic hydroxyl groups is 1. The van der Waals surface area contributed by atoms with Crippen LogP contribution in [0.3, 0.4) is 0 Å². The predicted molar refractivity (Wildman–Crippen MR) is 50.2 cm³/mol. The summed E-state index contributed by atoms with van der Waals surface area (Å²) in [7, 11) is 1.49. The van der Waals surface area contributed by atoms with Gasteiger partial charge in [-0.3, -0.25) is 0 Å². The van der Waals surface area contributed by atoms with Crippen LogP contribution in [0.2, 0.25) is 0 Å². The van der Waals surface area contributed by atoms with E-state index >= 15 is 0 Å². The Balaban J connectivity index is 2.77. The van der Waals surface area contributed by atoms with Gasteiger partial charge in [0.15, 0.2) is 0 Å². The number of methoxy groups -OCH3 is 1. The number of rotatable bonds is 4. The van der Waals surface area contributed by atoms with Crippen LogP contribution in [0.4, 0.5) is 0 Å². The van der Waals surface area contributed by atoms with Crippen LogP contribution >= 0.6 is 0 Å². The third-order valence-electron chi connectivity index (χ3n) is 1.87. The molecule has 0 bridgehead atoms. The second-order valence-electron chi connectivity index (χ2n) is 2.90. The highest BCUT2D eigenvalue weighted by Gasteiger charge is 2.08. The van der Waals surface area contributed by atoms with Gasteiger partial charge < -0.3 is 14.9 Å². The summed E-state index contributed by atoms with van der Waals surface area (Å²) in [6.45, 7) is 0.201. The summed E-state index contributed by atoms with van der Waals surface area (Å²) in [5, 5.41) is 18.1. The lowest BCUT2D eigenvalue weighted by Crippen LogP contribution is -2.05. The van der Waals surface area contributed by atoms with E-state index in [1.807, 2.05) is 0 Å². The molecule has 4 heteroatoms. The van der Waals surface area contributed by atoms with Crippen LogP contribution in [0.1, 0.15) is 22.0 Å². The van der Waals surface area contributed by atoms with Crippen molar-refractivity contribution in [2.24, 2.45) is 0 Å². The molecule has 0 heterocycles. The summed E-state index contributed by atoms with van der Waals surface area (Å²) in [5.74, 6) is -0.974. The van der Waals surface area contributed by atoms with E-state index in [9.17, 15) is 9.90 Å². The Morgan fingerprint density at radius 2 is 2.00 bits per heavy atom. The third-order valence-corrected chi connectivity index (χ3v) is 1.87. The Morgan fingerprint density at radius 3 is 2.43 bits per heavy atom. The van der Waals surface area contributed by atoms with Gasteiger partial charge in [0, 0.05) is 7.11 Å². The van der Waals surface area contributed by atoms with Crippen LogP contribution in [-0.4, -0.2) is 29.9 Å². The molecule has 1 rings (SSSR count). The molecule has 2 N–H and O–H groups in total. The fraction of sp³-hybridized carbons (Fsp3) is 0.300. The van der Waals surface area contributed by atoms with Gasteiger partial charge in [-0.2, -0.15) is 0 Å². The maximum atomic E-state index is 10.5. The highest BCUT2D eigenvalue weighted by Crippen LogP contribution is 2.13. The summed E-state index contributed by atoms with van der Waals surface area (Å²) >= 11 is 0. The molecule has 0 radical (unpaired) electrons. The molecule has 1 aromatic carbocycles. The van der Waals surface area contributed by atoms with Gasteiger partial charge in [0.2, 0.25) is 0 Å². The third kappa shape index (κ3) is 2.55. The van der Waals surface area contributed by atoms with Crippen molar-refractivity contribution in [1.82, 2.24) is 0 Å². The predicted octanol–water partition coefficient (Wildman–Crippen LogP) is 1.06. The molecule has 0 saturated carbocycles. The van der Waals surface area contributed by atoms with Crippen LogP contribution in [0.25, 0.3) is 0 Å². The van der Waals surface area contributed by atoms with Crippen LogP contribution in [0.5, 0.6) is 0 Å². The molecule has 1 atom stereocenters. The maximum Gasteiger partial charge on any atom is 0.335 e. The number of carboxylic acids is 1. The fourth-order valence-corrected chi connectivity index (χ4v) is 1.10. The molecule has 4 nitrogen and oxygen atoms in total. The van der Waals surface area contributed by atoms with E-state index in [1.165, 1.54) is 19.2 Å². The zero-order valence-corrected chi connectivity index (χ0v) is 7.80. The summed E-state index contributed by atoms with van der Waals surface area (Å²) in [6.07, 6.45) is -0.706. The Bertz CT molecular complexity index is 304. The fourth-order valence-electron chi connectivity index (χ4n) is 1.10. The van der Waals surface area contributed by atoms with Gasteiger partial charge in [-0.25, -0.2) is 4.79 Å². The second kappa shape index (κ2) is 4.74. The second-order valence-corrected chi connectivity index (χ2v) is 2.90. The van der Waals surface area contributed by atoms with Crippen molar-refractivity contribution in [3.63, 3.8) is 0 Å². The van der Waals surface area contributed by atoms with Crippen molar-refractivity contribution in [2.45, 2.75) is 6.10 Å². The number of aliphatic hydroxyl groups excluding tert-OH is 1. The van der Waals surface area contributed by atoms with E-state index in [0.717, 1.165) is 0 Å². The van der Waals surface area contributed by atoms with Gasteiger partial charge in [-0.05, 0) is 17.7 Å². The van der Waals surface area contributed by atoms with Crippen molar-refractivity contribution in [3.05, 3.63) is 35.4 Å². The van der Waals surface area contributed by atoms with Gasteiger partial charge >= 0.3 is 5.97 Å². The number of hydrogen-bond acceptors (Lipinski definition) is 3. The number of carboxylic acid groups (broad SMARTS) is 1. The van der Waals surface area contributed by atoms with E-state index in [0.29, 0.717) is 5.56 Å². The molecule has 76 valence electrons. The SMILES string of the molecule is COCC(O)c1ccc(C(=O)O)cc1. The van der Waals surface area contributed by atoms with E-state index in [1.54, 1.807) is 12.1 Å². The first kappa shape index (κ1) is 10.7. The largest absolute Gasteiger partial charge is 0.478 e. The quantitative estimate of drug-likeness (QED) is 0.755. The normalized spacial score (nSPS) is 12.4. The first-order chi connectivity index (χ1) is 6.65. The van der Waals surface area contributed by atoms with Gasteiger partial charge in [0.05, 0.1) is 12.2 Å². The number of aromatic carboxylic acids is 1. The number of carbonyl (C=O) groups is 1. The molecule has 1 unspecified atom stereocenters. The average Bonchev–Trinajstić information content (AvgIpc) is 2.18. The summed E-state index contributed by atoms with van der Waals surface area (Å²) < 4.78 is 4.77. The topological polar surface area (TPSA) is 66.8 Å². The molecule has 0 aromatic heterocycles. The minimum Gasteiger partial charge on any atom is -0.478 e. The molecule has 0 fully saturated rings. The standard InChI is InChI=1S/C10H12O4/c1-14-6-9(11)7-2-4-8(5-3-7)10(12)13/h2-5,9,11H,6H2,1H3,(H,12,13). The Hall–Kier alpha value is -1.39. The molecular formula is C10H12O4. The monoisotopic (exact) mass is 196 g/mol. The molecule has 1 aromatic rings. The van der Waals surface area contributed by atoms with Gasteiger partial charge in [-0.1, -0.05) is 12.1 Å². The lowest BCUT2D eigenvalue weighted by Gasteiger charge is -2.09. The van der Waals surface area contributed by atoms with Crippen molar-refractivity contribution >= 4 is 5.97 Å². The van der Waals surface area contributed by atoms with Crippen molar-refractivity contribution < 1.29 is 19.7 Å². The van der Waals surface area contributed by atoms with E-state index in [2.05, 4.69) is 0 Å². The maximum absolute atomic E-state index is 10.5. The van der Waals surface area contributed by atoms with Crippen LogP contribution in [-0.2, 0) is 4.74 Å². The summed E-state index contributed by atoms with van der Waals surface area (Å²) in [6, 6.07) is 6.06. The highest BCUT2D eigenvalue weighted by atomic mass is 16.5. The molecule has 0 saturated heterocycles. The Kier molecular flexibility index (Phi) is 3.62. The number of ether oxygens (including phenoxy) is 1. The lowest BCUT2D eigenvalue weighted by molar-refractivity contribution is 0.0641. The van der Waals surface area contributed by atoms with Gasteiger partial charge in [-0.15, -0.1) is 0 Å². The van der Waals surface area contributed by atoms with Crippen LogP contribution in [0, 0.1) is 0 Å². The summed E-state index contributed by atoms with van der Waals surface area (Å²) in [5.41, 5.74) is 0.857. The average molecular weight is 196 g/mol. The molecule has 0 aliphatic rings. The summed E-state index contributed by atoms with van der Waals surface area (Å²) in [4.78, 5) is 10.5. The molecule has 0 aliphatic carbocycles. The Morgan fingerprint density at radius 1 is 1.43 bits per heavy atom. The van der Waals surface area contributed by atoms with Crippen molar-refractivity contribution in [1.29, 1.82) is 0 Å². The lowest BCUT2D eigenvalue weighted by atomic mass is 10.1. The van der Waals surface area contributed by atoms with Crippen LogP contribution < -0.4 is 0 Å². The minimum atomic E-state index is -0.974. The van der Waals surface area contributed by atoms with Gasteiger partial charge in [0.1, 0.15) is 6.10 Å². The molecule has 0 amide bonds. The molecule has 14 heavy (non-hydrogen) atoms. The number of hydrogen-bond donors (Lipinski definition) is 2. The first-order valence-electron chi connectivity index (χ1n) is 4.15. The zero-order valence-electron chi connectivity index (χ0n) is 7.80. The smallest absolute Gasteiger partial charge is 0.335 e. The van der Waals surface area contributed by atoms with Crippen LogP contribution in [0.15, 0.2) is 24.3 Å². The van der Waals surface area contributed by atoms with Gasteiger partial charge in [0.25, 0.3) is 0 Å². The Labute approximate surface area is 81.8 Å². The first-order valence-corrected chi connectivity index (χ1v) is 4.15. The number of benzene rings is 1. The van der Waals surface area contributed by atoms with E-state index in [-0.39, 0.29) is 12.2 Å². The molecule has 0 spiro atoms. The molecule has 0 aliphatic heterocycles. The van der Waals surface area contributed by atoms with Crippen molar-refractivity contribution in [3.8, 4) is 0 Å².